The Morgan fingerprint density at radius 3 is 2.64 bits per heavy atom. The van der Waals surface area contributed by atoms with E-state index in [1.165, 1.54) is 0 Å². The van der Waals surface area contributed by atoms with E-state index < -0.39 is 0 Å². The number of hydrogen-bond acceptors (Lipinski definition) is 3. The molecular formula is C19H21Cl2NO3. The van der Waals surface area contributed by atoms with Crippen LogP contribution in [0.4, 0.5) is 5.69 Å². The summed E-state index contributed by atoms with van der Waals surface area (Å²) in [6.07, 6.45) is 0.928. The topological polar surface area (TPSA) is 47.6 Å². The Kier molecular flexibility index (Phi) is 7.56. The first kappa shape index (κ1) is 19.6. The van der Waals surface area contributed by atoms with Crippen molar-refractivity contribution in [3.05, 3.63) is 57.6 Å². The molecular weight excluding hydrogens is 361 g/mol. The van der Waals surface area contributed by atoms with Crippen LogP contribution in [0.3, 0.4) is 0 Å². The molecule has 0 unspecified atom stereocenters. The molecule has 0 fully saturated rings. The van der Waals surface area contributed by atoms with E-state index >= 15 is 0 Å². The molecule has 1 amide bonds. The monoisotopic (exact) mass is 381 g/mol. The lowest BCUT2D eigenvalue weighted by molar-refractivity contribution is 0.102. The van der Waals surface area contributed by atoms with Crippen LogP contribution in [0.25, 0.3) is 0 Å². The molecule has 0 aliphatic rings. The molecule has 0 spiro atoms. The van der Waals surface area contributed by atoms with Gasteiger partial charge in [0.1, 0.15) is 5.75 Å². The number of nitrogens with one attached hydrogen (secondary N) is 1. The van der Waals surface area contributed by atoms with Crippen LogP contribution >= 0.6 is 23.2 Å². The van der Waals surface area contributed by atoms with Crippen LogP contribution in [0.15, 0.2) is 36.4 Å². The van der Waals surface area contributed by atoms with Crippen LogP contribution < -0.4 is 10.1 Å². The van der Waals surface area contributed by atoms with E-state index in [2.05, 4.69) is 5.32 Å². The Morgan fingerprint density at radius 1 is 1.12 bits per heavy atom. The maximum atomic E-state index is 12.5. The minimum atomic E-state index is -0.274. The van der Waals surface area contributed by atoms with E-state index in [1.54, 1.807) is 36.4 Å². The van der Waals surface area contributed by atoms with Crippen molar-refractivity contribution in [2.24, 2.45) is 0 Å². The molecule has 2 rings (SSSR count). The Balaban J connectivity index is 2.20. The first-order valence-electron chi connectivity index (χ1n) is 8.15. The fourth-order valence-corrected chi connectivity index (χ4v) is 2.58. The Hall–Kier alpha value is -1.75. The minimum absolute atomic E-state index is 0.274. The highest BCUT2D eigenvalue weighted by Gasteiger charge is 2.13. The first-order valence-corrected chi connectivity index (χ1v) is 8.90. The summed E-state index contributed by atoms with van der Waals surface area (Å²) < 4.78 is 11.2. The van der Waals surface area contributed by atoms with Crippen molar-refractivity contribution in [1.29, 1.82) is 0 Å². The molecule has 0 heterocycles. The molecule has 0 atom stereocenters. The Labute approximate surface area is 158 Å². The van der Waals surface area contributed by atoms with E-state index in [0.29, 0.717) is 41.1 Å². The summed E-state index contributed by atoms with van der Waals surface area (Å²) in [5.41, 5.74) is 1.80. The Bertz CT molecular complexity index is 735. The lowest BCUT2D eigenvalue weighted by Crippen LogP contribution is -2.13. The van der Waals surface area contributed by atoms with Crippen molar-refractivity contribution in [3.8, 4) is 5.75 Å². The van der Waals surface area contributed by atoms with Crippen molar-refractivity contribution < 1.29 is 14.3 Å². The van der Waals surface area contributed by atoms with Crippen LogP contribution in [-0.4, -0.2) is 19.1 Å². The van der Waals surface area contributed by atoms with Crippen molar-refractivity contribution >= 4 is 34.8 Å². The van der Waals surface area contributed by atoms with Crippen molar-refractivity contribution in [3.63, 3.8) is 0 Å². The molecule has 2 aromatic carbocycles. The van der Waals surface area contributed by atoms with Gasteiger partial charge in [-0.1, -0.05) is 30.1 Å². The van der Waals surface area contributed by atoms with Gasteiger partial charge in [0.15, 0.2) is 0 Å². The smallest absolute Gasteiger partial charge is 0.255 e. The summed E-state index contributed by atoms with van der Waals surface area (Å²) in [5, 5.41) is 3.70. The number of carbonyl (C=O) groups excluding carboxylic acids is 1. The fraction of sp³-hybridized carbons (Fsp3) is 0.316. The third-order valence-electron chi connectivity index (χ3n) is 3.41. The SMILES string of the molecule is CCCOCc1cc(C(=O)Nc2cc(Cl)ccc2Cl)ccc1OCC. The number of hydrogen-bond donors (Lipinski definition) is 1. The second-order valence-corrected chi connectivity index (χ2v) is 6.23. The Morgan fingerprint density at radius 2 is 1.92 bits per heavy atom. The average Bonchev–Trinajstić information content (AvgIpc) is 2.60. The van der Waals surface area contributed by atoms with Gasteiger partial charge in [0, 0.05) is 22.8 Å². The van der Waals surface area contributed by atoms with E-state index in [9.17, 15) is 4.79 Å². The molecule has 1 N–H and O–H groups in total. The van der Waals surface area contributed by atoms with Gasteiger partial charge in [0.05, 0.1) is 23.9 Å². The highest BCUT2D eigenvalue weighted by Crippen LogP contribution is 2.27. The maximum Gasteiger partial charge on any atom is 0.255 e. The fourth-order valence-electron chi connectivity index (χ4n) is 2.24. The van der Waals surface area contributed by atoms with E-state index in [1.807, 2.05) is 13.8 Å². The summed E-state index contributed by atoms with van der Waals surface area (Å²) in [6.45, 7) is 5.55. The largest absolute Gasteiger partial charge is 0.494 e. The van der Waals surface area contributed by atoms with Gasteiger partial charge in [-0.3, -0.25) is 4.79 Å². The van der Waals surface area contributed by atoms with Crippen LogP contribution in [0.1, 0.15) is 36.2 Å². The molecule has 2 aromatic rings. The average molecular weight is 382 g/mol. The molecule has 0 bridgehead atoms. The van der Waals surface area contributed by atoms with Gasteiger partial charge < -0.3 is 14.8 Å². The molecule has 0 aliphatic heterocycles. The summed E-state index contributed by atoms with van der Waals surface area (Å²) in [7, 11) is 0. The van der Waals surface area contributed by atoms with Gasteiger partial charge in [-0.25, -0.2) is 0 Å². The predicted molar refractivity (Wildman–Crippen MR) is 102 cm³/mol. The zero-order chi connectivity index (χ0) is 18.2. The minimum Gasteiger partial charge on any atom is -0.494 e. The zero-order valence-electron chi connectivity index (χ0n) is 14.3. The first-order chi connectivity index (χ1) is 12.0. The van der Waals surface area contributed by atoms with Crippen molar-refractivity contribution in [2.75, 3.05) is 18.5 Å². The number of carbonyl (C=O) groups is 1. The highest BCUT2D eigenvalue weighted by atomic mass is 35.5. The number of rotatable bonds is 8. The normalized spacial score (nSPS) is 10.6. The van der Waals surface area contributed by atoms with Crippen LogP contribution in [-0.2, 0) is 11.3 Å². The molecule has 0 saturated carbocycles. The van der Waals surface area contributed by atoms with Crippen molar-refractivity contribution in [2.45, 2.75) is 26.9 Å². The zero-order valence-corrected chi connectivity index (χ0v) is 15.8. The summed E-state index contributed by atoms with van der Waals surface area (Å²) >= 11 is 12.1. The van der Waals surface area contributed by atoms with Crippen LogP contribution in [0.2, 0.25) is 10.0 Å². The molecule has 0 aromatic heterocycles. The molecule has 0 saturated heterocycles. The molecule has 4 nitrogen and oxygen atoms in total. The third kappa shape index (κ3) is 5.63. The molecule has 0 radical (unpaired) electrons. The van der Waals surface area contributed by atoms with Gasteiger partial charge >= 0.3 is 0 Å². The lowest BCUT2D eigenvalue weighted by Gasteiger charge is -2.13. The van der Waals surface area contributed by atoms with Gasteiger partial charge in [-0.2, -0.15) is 0 Å². The predicted octanol–water partition coefficient (Wildman–Crippen LogP) is 5.57. The summed E-state index contributed by atoms with van der Waals surface area (Å²) in [5.74, 6) is 0.444. The number of ether oxygens (including phenoxy) is 2. The lowest BCUT2D eigenvalue weighted by atomic mass is 10.1. The van der Waals surface area contributed by atoms with Crippen LogP contribution in [0.5, 0.6) is 5.75 Å². The summed E-state index contributed by atoms with van der Waals surface area (Å²) in [6, 6.07) is 10.2. The molecule has 6 heteroatoms. The quantitative estimate of drug-likeness (QED) is 0.607. The highest BCUT2D eigenvalue weighted by molar-refractivity contribution is 6.35. The standard InChI is InChI=1S/C19H21Cl2NO3/c1-3-9-24-12-14-10-13(5-8-18(14)25-4-2)19(23)22-17-11-15(20)6-7-16(17)21/h5-8,10-11H,3-4,9,12H2,1-2H3,(H,22,23). The number of benzene rings is 2. The van der Waals surface area contributed by atoms with E-state index in [-0.39, 0.29) is 5.91 Å². The van der Waals surface area contributed by atoms with E-state index in [4.69, 9.17) is 32.7 Å². The third-order valence-corrected chi connectivity index (χ3v) is 3.97. The second kappa shape index (κ2) is 9.66. The molecule has 25 heavy (non-hydrogen) atoms. The van der Waals surface area contributed by atoms with Gasteiger partial charge in [-0.05, 0) is 49.7 Å². The number of anilines is 1. The van der Waals surface area contributed by atoms with Crippen molar-refractivity contribution in [1.82, 2.24) is 0 Å². The maximum absolute atomic E-state index is 12.5. The van der Waals surface area contributed by atoms with Crippen LogP contribution in [0, 0.1) is 0 Å². The molecule has 0 aliphatic carbocycles. The number of halogens is 2. The number of amides is 1. The molecule has 134 valence electrons. The summed E-state index contributed by atoms with van der Waals surface area (Å²) in [4.78, 5) is 12.5. The van der Waals surface area contributed by atoms with Gasteiger partial charge in [0.25, 0.3) is 5.91 Å². The second-order valence-electron chi connectivity index (χ2n) is 5.39. The van der Waals surface area contributed by atoms with Gasteiger partial charge in [0.2, 0.25) is 0 Å². The van der Waals surface area contributed by atoms with Gasteiger partial charge in [-0.15, -0.1) is 0 Å². The van der Waals surface area contributed by atoms with E-state index in [0.717, 1.165) is 17.7 Å².